The van der Waals surface area contributed by atoms with Crippen LogP contribution < -0.4 is 0 Å². The molecule has 0 aromatic heterocycles. The van der Waals surface area contributed by atoms with Crippen LogP contribution in [0, 0.1) is 17.7 Å². The zero-order chi connectivity index (χ0) is 15.2. The molecule has 1 aliphatic carbocycles. The lowest BCUT2D eigenvalue weighted by atomic mass is 9.77. The van der Waals surface area contributed by atoms with Gasteiger partial charge in [-0.2, -0.15) is 0 Å². The third-order valence-electron chi connectivity index (χ3n) is 4.66. The number of carbonyl (C=O) groups excluding carboxylic acids is 1. The average Bonchev–Trinajstić information content (AvgIpc) is 2.50. The number of hydrogen-bond acceptors (Lipinski definition) is 1. The lowest BCUT2D eigenvalue weighted by Gasteiger charge is -2.27. The number of ketones is 1. The molecular weight excluding hydrogens is 331 g/mol. The van der Waals surface area contributed by atoms with Gasteiger partial charge in [0.25, 0.3) is 0 Å². The first-order chi connectivity index (χ1) is 10.1. The number of unbranched alkanes of at least 4 members (excludes halogenated alkanes) is 1. The largest absolute Gasteiger partial charge is 0.299 e. The van der Waals surface area contributed by atoms with Crippen LogP contribution in [0.4, 0.5) is 4.39 Å². The number of Topliss-reactive ketones (excluding diaryl/α,β-unsaturated/α-hetero) is 1. The molecule has 116 valence electrons. The number of hydrogen-bond donors (Lipinski definition) is 0. The van der Waals surface area contributed by atoms with Gasteiger partial charge in [0.1, 0.15) is 11.6 Å². The topological polar surface area (TPSA) is 17.1 Å². The van der Waals surface area contributed by atoms with Gasteiger partial charge in [-0.3, -0.25) is 4.79 Å². The van der Waals surface area contributed by atoms with Crippen molar-refractivity contribution in [2.75, 3.05) is 0 Å². The number of carbonyl (C=O) groups is 1. The predicted octanol–water partition coefficient (Wildman–Crippen LogP) is 5.70. The second kappa shape index (κ2) is 8.07. The van der Waals surface area contributed by atoms with Crippen molar-refractivity contribution < 1.29 is 9.18 Å². The first-order valence-electron chi connectivity index (χ1n) is 8.07. The monoisotopic (exact) mass is 354 g/mol. The zero-order valence-electron chi connectivity index (χ0n) is 12.7. The van der Waals surface area contributed by atoms with E-state index in [1.54, 1.807) is 6.07 Å². The van der Waals surface area contributed by atoms with Crippen molar-refractivity contribution in [1.29, 1.82) is 0 Å². The molecular formula is C18H24BrFO. The fraction of sp³-hybridized carbons (Fsp3) is 0.611. The molecule has 0 atom stereocenters. The first-order valence-corrected chi connectivity index (χ1v) is 8.86. The van der Waals surface area contributed by atoms with Crippen molar-refractivity contribution in [2.24, 2.45) is 11.8 Å². The summed E-state index contributed by atoms with van der Waals surface area (Å²) in [5.41, 5.74) is 0.771. The van der Waals surface area contributed by atoms with Crippen LogP contribution in [0.15, 0.2) is 22.7 Å². The third kappa shape index (κ3) is 4.64. The van der Waals surface area contributed by atoms with Gasteiger partial charge < -0.3 is 0 Å². The lowest BCUT2D eigenvalue weighted by molar-refractivity contribution is -0.123. The van der Waals surface area contributed by atoms with Crippen LogP contribution in [0.25, 0.3) is 0 Å². The van der Waals surface area contributed by atoms with Gasteiger partial charge in [0, 0.05) is 12.3 Å². The molecule has 1 aliphatic rings. The van der Waals surface area contributed by atoms with E-state index in [2.05, 4.69) is 22.9 Å². The van der Waals surface area contributed by atoms with Crippen LogP contribution in [0.2, 0.25) is 0 Å². The van der Waals surface area contributed by atoms with Gasteiger partial charge in [0.2, 0.25) is 0 Å². The van der Waals surface area contributed by atoms with Crippen LogP contribution in [-0.2, 0) is 11.2 Å². The Hall–Kier alpha value is -0.700. The van der Waals surface area contributed by atoms with Crippen molar-refractivity contribution in [3.05, 3.63) is 34.1 Å². The number of halogens is 2. The van der Waals surface area contributed by atoms with Gasteiger partial charge in [0.05, 0.1) is 4.47 Å². The summed E-state index contributed by atoms with van der Waals surface area (Å²) in [5, 5.41) is 0. The van der Waals surface area contributed by atoms with Gasteiger partial charge in [-0.25, -0.2) is 4.39 Å². The summed E-state index contributed by atoms with van der Waals surface area (Å²) in [6.07, 6.45) is 8.61. The number of rotatable bonds is 6. The van der Waals surface area contributed by atoms with E-state index >= 15 is 0 Å². The van der Waals surface area contributed by atoms with Crippen molar-refractivity contribution in [2.45, 2.75) is 58.3 Å². The van der Waals surface area contributed by atoms with Crippen LogP contribution >= 0.6 is 15.9 Å². The second-order valence-corrected chi connectivity index (χ2v) is 7.01. The summed E-state index contributed by atoms with van der Waals surface area (Å²) in [5.74, 6) is 0.978. The average molecular weight is 355 g/mol. The quantitative estimate of drug-likeness (QED) is 0.640. The molecule has 0 spiro atoms. The van der Waals surface area contributed by atoms with Gasteiger partial charge in [-0.05, 0) is 59.2 Å². The minimum atomic E-state index is -0.288. The summed E-state index contributed by atoms with van der Waals surface area (Å²) >= 11 is 3.24. The molecule has 0 radical (unpaired) electrons. The van der Waals surface area contributed by atoms with Gasteiger partial charge in [0.15, 0.2) is 0 Å². The molecule has 0 amide bonds. The smallest absolute Gasteiger partial charge is 0.140 e. The molecule has 0 unspecified atom stereocenters. The molecule has 0 saturated heterocycles. The molecule has 0 heterocycles. The Bertz CT molecular complexity index is 478. The molecule has 1 aromatic carbocycles. The summed E-state index contributed by atoms with van der Waals surface area (Å²) in [6.45, 7) is 2.23. The van der Waals surface area contributed by atoms with E-state index in [-0.39, 0.29) is 17.5 Å². The van der Waals surface area contributed by atoms with Crippen LogP contribution in [0.3, 0.4) is 0 Å². The molecule has 1 nitrogen and oxygen atoms in total. The Morgan fingerprint density at radius 1 is 1.29 bits per heavy atom. The molecule has 1 saturated carbocycles. The summed E-state index contributed by atoms with van der Waals surface area (Å²) in [6, 6.07) is 4.92. The van der Waals surface area contributed by atoms with Gasteiger partial charge in [-0.15, -0.1) is 0 Å². The minimum Gasteiger partial charge on any atom is -0.299 e. The summed E-state index contributed by atoms with van der Waals surface area (Å²) in [4.78, 5) is 12.4. The van der Waals surface area contributed by atoms with Gasteiger partial charge in [-0.1, -0.05) is 38.3 Å². The molecule has 0 bridgehead atoms. The maximum absolute atomic E-state index is 13.5. The Kier molecular flexibility index (Phi) is 6.40. The van der Waals surface area contributed by atoms with Crippen LogP contribution in [0.5, 0.6) is 0 Å². The Labute approximate surface area is 135 Å². The van der Waals surface area contributed by atoms with E-state index in [4.69, 9.17) is 0 Å². The Morgan fingerprint density at radius 3 is 2.67 bits per heavy atom. The fourth-order valence-electron chi connectivity index (χ4n) is 3.28. The molecule has 1 fully saturated rings. The van der Waals surface area contributed by atoms with Crippen LogP contribution in [-0.4, -0.2) is 5.78 Å². The van der Waals surface area contributed by atoms with E-state index in [0.717, 1.165) is 24.3 Å². The predicted molar refractivity (Wildman–Crippen MR) is 87.8 cm³/mol. The highest BCUT2D eigenvalue weighted by Crippen LogP contribution is 2.33. The third-order valence-corrected chi connectivity index (χ3v) is 5.55. The first kappa shape index (κ1) is 16.7. The summed E-state index contributed by atoms with van der Waals surface area (Å²) in [7, 11) is 0. The van der Waals surface area contributed by atoms with Crippen molar-refractivity contribution >= 4 is 21.7 Å². The zero-order valence-corrected chi connectivity index (χ0v) is 14.3. The van der Waals surface area contributed by atoms with Crippen molar-refractivity contribution in [3.8, 4) is 0 Å². The lowest BCUT2D eigenvalue weighted by Crippen LogP contribution is -2.23. The Balaban J connectivity index is 1.86. The standard InChI is InChI=1S/C18H24BrFO/c1-2-3-5-13-8-10-14(11-9-13)17(21)12-15-6-4-7-16(20)18(15)19/h4,6-7,13-14H,2-3,5,8-12H2,1H3. The highest BCUT2D eigenvalue weighted by Gasteiger charge is 2.26. The van der Waals surface area contributed by atoms with Crippen LogP contribution in [0.1, 0.15) is 57.4 Å². The van der Waals surface area contributed by atoms with E-state index in [0.29, 0.717) is 10.9 Å². The van der Waals surface area contributed by atoms with E-state index in [1.165, 1.54) is 38.2 Å². The van der Waals surface area contributed by atoms with Crippen molar-refractivity contribution in [1.82, 2.24) is 0 Å². The van der Waals surface area contributed by atoms with E-state index in [1.807, 2.05) is 6.07 Å². The second-order valence-electron chi connectivity index (χ2n) is 6.22. The Morgan fingerprint density at radius 2 is 2.00 bits per heavy atom. The molecule has 21 heavy (non-hydrogen) atoms. The van der Waals surface area contributed by atoms with Gasteiger partial charge >= 0.3 is 0 Å². The highest BCUT2D eigenvalue weighted by molar-refractivity contribution is 9.10. The summed E-state index contributed by atoms with van der Waals surface area (Å²) < 4.78 is 13.9. The normalized spacial score (nSPS) is 22.2. The fourth-order valence-corrected chi connectivity index (χ4v) is 3.69. The number of benzene rings is 1. The van der Waals surface area contributed by atoms with Crippen molar-refractivity contribution in [3.63, 3.8) is 0 Å². The molecule has 2 rings (SSSR count). The maximum atomic E-state index is 13.5. The maximum Gasteiger partial charge on any atom is 0.140 e. The minimum absolute atomic E-state index is 0.179. The SMILES string of the molecule is CCCCC1CCC(C(=O)Cc2cccc(F)c2Br)CC1. The molecule has 1 aromatic rings. The molecule has 0 N–H and O–H groups in total. The highest BCUT2D eigenvalue weighted by atomic mass is 79.9. The molecule has 3 heteroatoms. The van der Waals surface area contributed by atoms with E-state index < -0.39 is 0 Å². The van der Waals surface area contributed by atoms with E-state index in [9.17, 15) is 9.18 Å². The molecule has 0 aliphatic heterocycles.